The number of nitrogens with zero attached hydrogens (tertiary/aromatic N) is 2. The normalized spacial score (nSPS) is 11.4. The van der Waals surface area contributed by atoms with Crippen molar-refractivity contribution >= 4 is 44.7 Å². The molecule has 0 saturated carbocycles. The molecule has 0 radical (unpaired) electrons. The molecule has 0 saturated heterocycles. The zero-order chi connectivity index (χ0) is 27.4. The van der Waals surface area contributed by atoms with Gasteiger partial charge < -0.3 is 15.7 Å². The molecule has 0 fully saturated rings. The van der Waals surface area contributed by atoms with Gasteiger partial charge in [0.15, 0.2) is 9.84 Å². The highest BCUT2D eigenvalue weighted by Gasteiger charge is 2.24. The van der Waals surface area contributed by atoms with Crippen molar-refractivity contribution in [2.45, 2.75) is 30.4 Å². The van der Waals surface area contributed by atoms with Crippen molar-refractivity contribution < 1.29 is 22.7 Å². The van der Waals surface area contributed by atoms with E-state index in [1.165, 1.54) is 36.5 Å². The lowest BCUT2D eigenvalue weighted by molar-refractivity contribution is 0.102. The summed E-state index contributed by atoms with van der Waals surface area (Å²) in [6.07, 6.45) is 1.25. The Bertz CT molecular complexity index is 1580. The lowest BCUT2D eigenvalue weighted by Crippen LogP contribution is -2.19. The van der Waals surface area contributed by atoms with Gasteiger partial charge in [-0.3, -0.25) is 4.79 Å². The Hall–Kier alpha value is -4.02. The molecule has 38 heavy (non-hydrogen) atoms. The van der Waals surface area contributed by atoms with Gasteiger partial charge in [-0.2, -0.15) is 0 Å². The summed E-state index contributed by atoms with van der Waals surface area (Å²) in [5, 5.41) is 14.3. The minimum atomic E-state index is -3.63. The standard InChI is InChI=1S/C27H24ClFN4O4S/c1-16(2)38(36,37)24-9-4-3-6-17(24)14-23-20(26(35)33-25-21(28)7-5-8-22(25)29)15-30-27(32-23)31-18-10-12-19(34)13-11-18/h3-13,15-16,34H,14H2,1-2H3,(H,33,35)(H,30,31,32). The van der Waals surface area contributed by atoms with Gasteiger partial charge in [0.25, 0.3) is 5.91 Å². The number of halogens is 2. The fourth-order valence-electron chi connectivity index (χ4n) is 3.64. The number of carbonyl (C=O) groups is 1. The first-order valence-corrected chi connectivity index (χ1v) is 13.5. The highest BCUT2D eigenvalue weighted by Crippen LogP contribution is 2.28. The van der Waals surface area contributed by atoms with E-state index in [1.807, 2.05) is 0 Å². The SMILES string of the molecule is CC(C)S(=O)(=O)c1ccccc1Cc1nc(Nc2ccc(O)cc2)ncc1C(=O)Nc1c(F)cccc1Cl. The van der Waals surface area contributed by atoms with Crippen molar-refractivity contribution in [3.8, 4) is 5.75 Å². The molecular weight excluding hydrogens is 531 g/mol. The number of phenolic OH excluding ortho intramolecular Hbond substituents is 1. The monoisotopic (exact) mass is 554 g/mol. The molecule has 1 heterocycles. The summed E-state index contributed by atoms with van der Waals surface area (Å²) in [6, 6.07) is 16.7. The number of phenols is 1. The van der Waals surface area contributed by atoms with Gasteiger partial charge in [0, 0.05) is 18.3 Å². The van der Waals surface area contributed by atoms with Gasteiger partial charge >= 0.3 is 0 Å². The van der Waals surface area contributed by atoms with Gasteiger partial charge in [-0.05, 0) is 61.9 Å². The van der Waals surface area contributed by atoms with E-state index in [-0.39, 0.29) is 45.0 Å². The first kappa shape index (κ1) is 27.0. The molecule has 0 spiro atoms. The van der Waals surface area contributed by atoms with Gasteiger partial charge in [0.2, 0.25) is 5.95 Å². The summed E-state index contributed by atoms with van der Waals surface area (Å²) in [6.45, 7) is 3.18. The van der Waals surface area contributed by atoms with Crippen LogP contribution in [-0.4, -0.2) is 34.6 Å². The van der Waals surface area contributed by atoms with E-state index >= 15 is 0 Å². The third-order valence-electron chi connectivity index (χ3n) is 5.69. The Balaban J connectivity index is 1.77. The number of anilines is 3. The molecule has 0 unspecified atom stereocenters. The zero-order valence-electron chi connectivity index (χ0n) is 20.4. The average molecular weight is 555 g/mol. The van der Waals surface area contributed by atoms with Crippen LogP contribution >= 0.6 is 11.6 Å². The summed E-state index contributed by atoms with van der Waals surface area (Å²) in [5.74, 6) is -1.21. The van der Waals surface area contributed by atoms with Crippen LogP contribution in [-0.2, 0) is 16.3 Å². The molecule has 8 nitrogen and oxygen atoms in total. The smallest absolute Gasteiger partial charge is 0.259 e. The van der Waals surface area contributed by atoms with Crippen LogP contribution in [0.25, 0.3) is 0 Å². The number of rotatable bonds is 8. The van der Waals surface area contributed by atoms with Gasteiger partial charge in [0.1, 0.15) is 11.6 Å². The third kappa shape index (κ3) is 5.92. The average Bonchev–Trinajstić information content (AvgIpc) is 2.88. The van der Waals surface area contributed by atoms with E-state index in [1.54, 1.807) is 44.2 Å². The van der Waals surface area contributed by atoms with E-state index in [0.717, 1.165) is 6.07 Å². The second-order valence-corrected chi connectivity index (χ2v) is 11.5. The van der Waals surface area contributed by atoms with E-state index in [9.17, 15) is 22.7 Å². The predicted octanol–water partition coefficient (Wildman–Crippen LogP) is 5.74. The number of hydrogen-bond acceptors (Lipinski definition) is 7. The van der Waals surface area contributed by atoms with Crippen molar-refractivity contribution in [3.63, 3.8) is 0 Å². The number of para-hydroxylation sites is 1. The number of nitrogens with one attached hydrogen (secondary N) is 2. The summed E-state index contributed by atoms with van der Waals surface area (Å²) >= 11 is 6.08. The van der Waals surface area contributed by atoms with Crippen molar-refractivity contribution in [1.29, 1.82) is 0 Å². The van der Waals surface area contributed by atoms with Gasteiger partial charge in [-0.1, -0.05) is 35.9 Å². The van der Waals surface area contributed by atoms with Crippen LogP contribution in [0.2, 0.25) is 5.02 Å². The minimum absolute atomic E-state index is 0.0114. The first-order valence-electron chi connectivity index (χ1n) is 11.6. The van der Waals surface area contributed by atoms with Crippen LogP contribution in [0, 0.1) is 5.82 Å². The Morgan fingerprint density at radius 2 is 1.76 bits per heavy atom. The maximum absolute atomic E-state index is 14.3. The molecule has 4 rings (SSSR count). The number of aromatic nitrogens is 2. The largest absolute Gasteiger partial charge is 0.508 e. The molecule has 1 amide bonds. The molecule has 0 aliphatic rings. The number of sulfone groups is 1. The Labute approximate surface area is 224 Å². The molecule has 0 aliphatic heterocycles. The van der Waals surface area contributed by atoms with Crippen LogP contribution in [0.3, 0.4) is 0 Å². The highest BCUT2D eigenvalue weighted by molar-refractivity contribution is 7.92. The van der Waals surface area contributed by atoms with E-state index < -0.39 is 26.8 Å². The van der Waals surface area contributed by atoms with E-state index in [4.69, 9.17) is 11.6 Å². The zero-order valence-corrected chi connectivity index (χ0v) is 22.0. The second kappa shape index (κ2) is 11.2. The fraction of sp³-hybridized carbons (Fsp3) is 0.148. The molecule has 0 atom stereocenters. The van der Waals surface area contributed by atoms with E-state index in [0.29, 0.717) is 11.3 Å². The van der Waals surface area contributed by atoms with Crippen LogP contribution in [0.4, 0.5) is 21.7 Å². The van der Waals surface area contributed by atoms with Crippen molar-refractivity contribution in [1.82, 2.24) is 9.97 Å². The molecule has 4 aromatic rings. The fourth-order valence-corrected chi connectivity index (χ4v) is 5.13. The van der Waals surface area contributed by atoms with Crippen LogP contribution < -0.4 is 10.6 Å². The van der Waals surface area contributed by atoms with E-state index in [2.05, 4.69) is 20.6 Å². The lowest BCUT2D eigenvalue weighted by Gasteiger charge is -2.15. The quantitative estimate of drug-likeness (QED) is 0.237. The molecule has 11 heteroatoms. The molecule has 0 bridgehead atoms. The maximum Gasteiger partial charge on any atom is 0.259 e. The molecule has 3 N–H and O–H groups in total. The number of amides is 1. The van der Waals surface area contributed by atoms with Crippen LogP contribution in [0.15, 0.2) is 77.8 Å². The summed E-state index contributed by atoms with van der Waals surface area (Å²) in [5.41, 5.74) is 1.04. The predicted molar refractivity (Wildman–Crippen MR) is 144 cm³/mol. The maximum atomic E-state index is 14.3. The summed E-state index contributed by atoms with van der Waals surface area (Å²) in [7, 11) is -3.63. The Morgan fingerprint density at radius 1 is 1.05 bits per heavy atom. The van der Waals surface area contributed by atoms with Gasteiger partial charge in [-0.15, -0.1) is 0 Å². The van der Waals surface area contributed by atoms with Gasteiger partial charge in [0.05, 0.1) is 32.1 Å². The van der Waals surface area contributed by atoms with Crippen molar-refractivity contribution in [3.05, 3.63) is 101 Å². The third-order valence-corrected chi connectivity index (χ3v) is 8.26. The topological polar surface area (TPSA) is 121 Å². The number of carbonyl (C=O) groups excluding carboxylic acids is 1. The molecule has 0 aliphatic carbocycles. The number of aromatic hydroxyl groups is 1. The molecule has 3 aromatic carbocycles. The van der Waals surface area contributed by atoms with Crippen molar-refractivity contribution in [2.24, 2.45) is 0 Å². The number of hydrogen-bond donors (Lipinski definition) is 3. The summed E-state index contributed by atoms with van der Waals surface area (Å²) < 4.78 is 40.4. The summed E-state index contributed by atoms with van der Waals surface area (Å²) in [4.78, 5) is 22.1. The van der Waals surface area contributed by atoms with Crippen LogP contribution in [0.5, 0.6) is 5.75 Å². The highest BCUT2D eigenvalue weighted by atomic mass is 35.5. The van der Waals surface area contributed by atoms with Gasteiger partial charge in [-0.25, -0.2) is 22.8 Å². The molecule has 196 valence electrons. The molecular formula is C27H24ClFN4O4S. The minimum Gasteiger partial charge on any atom is -0.508 e. The Morgan fingerprint density at radius 3 is 2.45 bits per heavy atom. The van der Waals surface area contributed by atoms with Crippen LogP contribution in [0.1, 0.15) is 35.5 Å². The first-order chi connectivity index (χ1) is 18.1. The Kier molecular flexibility index (Phi) is 7.94. The second-order valence-electron chi connectivity index (χ2n) is 8.65. The number of benzene rings is 3. The lowest BCUT2D eigenvalue weighted by atomic mass is 10.1. The molecule has 1 aromatic heterocycles. The van der Waals surface area contributed by atoms with Crippen molar-refractivity contribution in [2.75, 3.05) is 10.6 Å².